The highest BCUT2D eigenvalue weighted by atomic mass is 80.0. The topological polar surface area (TPSA) is 0 Å². The third kappa shape index (κ3) is 3.62. The van der Waals surface area contributed by atoms with Crippen LogP contribution in [0.3, 0.4) is 0 Å². The molecule has 0 aliphatic carbocycles. The van der Waals surface area contributed by atoms with E-state index in [0.29, 0.717) is 0 Å². The molecule has 0 aromatic carbocycles. The molecule has 0 rings (SSSR count). The van der Waals surface area contributed by atoms with Crippen LogP contribution in [0.15, 0.2) is 0 Å². The van der Waals surface area contributed by atoms with Crippen molar-refractivity contribution < 1.29 is 0 Å². The smallest absolute Gasteiger partial charge is 0.0738 e. The Morgan fingerprint density at radius 1 is 0.800 bits per heavy atom. The molecule has 0 aromatic rings. The van der Waals surface area contributed by atoms with Gasteiger partial charge < -0.3 is 0 Å². The fourth-order valence-corrected chi connectivity index (χ4v) is 3.34. The van der Waals surface area contributed by atoms with Crippen LogP contribution in [0, 0.1) is 0 Å². The van der Waals surface area contributed by atoms with E-state index in [1.54, 1.807) is 0 Å². The van der Waals surface area contributed by atoms with Crippen LogP contribution in [0.2, 0.25) is 0 Å². The summed E-state index contributed by atoms with van der Waals surface area (Å²) in [6.07, 6.45) is 0. The molecule has 0 fully saturated rings. The number of hydrogen-bond acceptors (Lipinski definition) is 0. The largest absolute Gasteiger partial charge is 0.161 e. The second-order valence-electron chi connectivity index (χ2n) is 1.42. The van der Waals surface area contributed by atoms with E-state index >= 15 is 0 Å². The van der Waals surface area contributed by atoms with Gasteiger partial charge in [0.25, 0.3) is 0 Å². The molecule has 0 aliphatic rings. The van der Waals surface area contributed by atoms with Crippen molar-refractivity contribution in [3.63, 3.8) is 0 Å². The molecule has 0 N–H and O–H groups in total. The van der Waals surface area contributed by atoms with Crippen LogP contribution in [-0.4, -0.2) is 9.11 Å². The zero-order valence-corrected chi connectivity index (χ0v) is 15.3. The minimum Gasteiger partial charge on any atom is -0.0738 e. The summed E-state index contributed by atoms with van der Waals surface area (Å²) >= 11 is 23.8. The summed E-state index contributed by atoms with van der Waals surface area (Å²) in [4.78, 5) is 0. The fraction of sp³-hybridized carbons (Fsp3) is 1.00. The van der Waals surface area contributed by atoms with Crippen LogP contribution in [-0.2, 0) is 0 Å². The highest BCUT2D eigenvalue weighted by Gasteiger charge is 2.47. The van der Waals surface area contributed by atoms with Crippen LogP contribution in [0.1, 0.15) is 0 Å². The Labute approximate surface area is 119 Å². The number of alkyl halides is 7. The zero-order valence-electron chi connectivity index (χ0n) is 4.22. The van der Waals surface area contributed by atoms with Crippen molar-refractivity contribution >= 4 is 112 Å². The van der Waals surface area contributed by atoms with Crippen molar-refractivity contribution in [3.05, 3.63) is 0 Å². The highest BCUT2D eigenvalue weighted by Crippen LogP contribution is 2.57. The molecule has 0 bridgehead atoms. The number of halogens is 7. The Morgan fingerprint density at radius 2 is 1.10 bits per heavy atom. The molecule has 0 saturated carbocycles. The van der Waals surface area contributed by atoms with Crippen molar-refractivity contribution in [1.82, 2.24) is 0 Å². The Bertz CT molecular complexity index is 111. The Balaban J connectivity index is 4.40. The maximum absolute atomic E-state index is 3.45. The third-order valence-corrected chi connectivity index (χ3v) is 11.7. The van der Waals surface area contributed by atoms with Gasteiger partial charge in [0.1, 0.15) is 3.23 Å². The van der Waals surface area contributed by atoms with Crippen LogP contribution < -0.4 is 0 Å². The first-order chi connectivity index (χ1) is 4.19. The molecule has 0 atom stereocenters. The molecule has 0 amide bonds. The zero-order chi connectivity index (χ0) is 8.58. The van der Waals surface area contributed by atoms with Crippen molar-refractivity contribution in [1.29, 1.82) is 0 Å². The second kappa shape index (κ2) is 4.73. The van der Waals surface area contributed by atoms with Gasteiger partial charge in [0.05, 0.1) is 3.74 Å². The van der Waals surface area contributed by atoms with E-state index in [2.05, 4.69) is 112 Å². The fourth-order valence-electron chi connectivity index (χ4n) is 0.124. The molecule has 7 heteroatoms. The van der Waals surface area contributed by atoms with E-state index < -0.39 is 2.14 Å². The normalized spacial score (nSPS) is 14.4. The lowest BCUT2D eigenvalue weighted by Crippen LogP contribution is -2.34. The standard InChI is InChI=1S/C3HBr7/c4-1(5)2(6,7)3(8,9)10/h1H. The summed E-state index contributed by atoms with van der Waals surface area (Å²) in [5.41, 5.74) is 0. The van der Waals surface area contributed by atoms with Gasteiger partial charge >= 0.3 is 0 Å². The molecular formula is C3HBr7. The predicted molar refractivity (Wildman–Crippen MR) is 71.7 cm³/mol. The van der Waals surface area contributed by atoms with E-state index in [1.165, 1.54) is 0 Å². The monoisotopic (exact) mass is 589 g/mol. The Kier molecular flexibility index (Phi) is 6.32. The van der Waals surface area contributed by atoms with Crippen molar-refractivity contribution in [2.75, 3.05) is 0 Å². The van der Waals surface area contributed by atoms with E-state index in [4.69, 9.17) is 0 Å². The quantitative estimate of drug-likeness (QED) is 0.355. The maximum Gasteiger partial charge on any atom is 0.161 e. The molecule has 0 unspecified atom stereocenters. The minimum absolute atomic E-state index is 0.0747. The van der Waals surface area contributed by atoms with E-state index in [1.807, 2.05) is 0 Å². The van der Waals surface area contributed by atoms with Crippen molar-refractivity contribution in [3.8, 4) is 0 Å². The van der Waals surface area contributed by atoms with Gasteiger partial charge in [-0.15, -0.1) is 0 Å². The Hall–Kier alpha value is 3.36. The summed E-state index contributed by atoms with van der Waals surface area (Å²) in [7, 11) is 0. The maximum atomic E-state index is 3.45. The Morgan fingerprint density at radius 3 is 1.10 bits per heavy atom. The van der Waals surface area contributed by atoms with Gasteiger partial charge in [-0.05, 0) is 0 Å². The lowest BCUT2D eigenvalue weighted by atomic mass is 10.6. The molecule has 10 heavy (non-hydrogen) atoms. The summed E-state index contributed by atoms with van der Waals surface area (Å²) in [5.74, 6) is 0. The molecule has 0 saturated heterocycles. The number of rotatable bonds is 1. The van der Waals surface area contributed by atoms with Gasteiger partial charge in [0, 0.05) is 0 Å². The molecule has 0 spiro atoms. The van der Waals surface area contributed by atoms with Crippen LogP contribution >= 0.6 is 112 Å². The predicted octanol–water partition coefficient (Wildman–Crippen LogP) is 5.43. The molecule has 0 radical (unpaired) electrons. The third-order valence-electron chi connectivity index (χ3n) is 0.652. The van der Waals surface area contributed by atoms with Gasteiger partial charge in [-0.25, -0.2) is 0 Å². The lowest BCUT2D eigenvalue weighted by molar-refractivity contribution is 1.03. The summed E-state index contributed by atoms with van der Waals surface area (Å²) in [6.45, 7) is 0. The first-order valence-corrected chi connectivity index (χ1v) is 7.72. The molecule has 0 aliphatic heterocycles. The molecular weight excluding hydrogens is 595 g/mol. The number of hydrogen-bond donors (Lipinski definition) is 0. The van der Waals surface area contributed by atoms with Crippen molar-refractivity contribution in [2.45, 2.75) is 9.11 Å². The van der Waals surface area contributed by atoms with E-state index in [0.717, 1.165) is 0 Å². The molecule has 62 valence electrons. The van der Waals surface area contributed by atoms with Gasteiger partial charge in [0.15, 0.2) is 2.14 Å². The average Bonchev–Trinajstić information content (AvgIpc) is 1.62. The lowest BCUT2D eigenvalue weighted by Gasteiger charge is -2.30. The highest BCUT2D eigenvalue weighted by molar-refractivity contribution is 9.41. The SMILES string of the molecule is BrC(Br)C(Br)(Br)C(Br)(Br)Br. The average molecular weight is 596 g/mol. The first kappa shape index (κ1) is 13.4. The minimum atomic E-state index is -0.405. The van der Waals surface area contributed by atoms with Crippen LogP contribution in [0.4, 0.5) is 0 Å². The van der Waals surface area contributed by atoms with Gasteiger partial charge in [-0.3, -0.25) is 0 Å². The van der Waals surface area contributed by atoms with Crippen LogP contribution in [0.5, 0.6) is 0 Å². The summed E-state index contributed by atoms with van der Waals surface area (Å²) < 4.78 is -0.685. The van der Waals surface area contributed by atoms with Gasteiger partial charge in [0.2, 0.25) is 0 Å². The molecule has 0 nitrogen and oxygen atoms in total. The van der Waals surface area contributed by atoms with Gasteiger partial charge in [-0.2, -0.15) is 0 Å². The first-order valence-electron chi connectivity index (χ1n) is 1.92. The van der Waals surface area contributed by atoms with Crippen molar-refractivity contribution in [2.24, 2.45) is 0 Å². The van der Waals surface area contributed by atoms with E-state index in [-0.39, 0.29) is 6.97 Å². The van der Waals surface area contributed by atoms with Crippen LogP contribution in [0.25, 0.3) is 0 Å². The summed E-state index contributed by atoms with van der Waals surface area (Å²) in [6, 6.07) is 0. The molecule has 0 heterocycles. The summed E-state index contributed by atoms with van der Waals surface area (Å²) in [5, 5.41) is 0. The second-order valence-corrected chi connectivity index (χ2v) is 14.8. The molecule has 0 aromatic heterocycles. The van der Waals surface area contributed by atoms with Gasteiger partial charge in [-0.1, -0.05) is 112 Å². The van der Waals surface area contributed by atoms with E-state index in [9.17, 15) is 0 Å².